The number of anilines is 1. The smallest absolute Gasteiger partial charge is 0.268 e. The number of rotatable bonds is 4. The second kappa shape index (κ2) is 7.74. The number of aromatic nitrogens is 2. The van der Waals surface area contributed by atoms with Crippen molar-refractivity contribution < 1.29 is 14.0 Å². The second-order valence-electron chi connectivity index (χ2n) is 7.59. The summed E-state index contributed by atoms with van der Waals surface area (Å²) in [6.07, 6.45) is 4.98. The van der Waals surface area contributed by atoms with E-state index in [1.54, 1.807) is 12.1 Å². The quantitative estimate of drug-likeness (QED) is 0.710. The summed E-state index contributed by atoms with van der Waals surface area (Å²) >= 11 is 0. The maximum atomic E-state index is 13.4. The first-order chi connectivity index (χ1) is 14.7. The SMILES string of the molecule is O=C(Nc1ccc(-c2ncc3n2CCCC3)cc1)C1CC(c2cccc(F)c2)=NO1. The Bertz CT molecular complexity index is 1120. The van der Waals surface area contributed by atoms with Gasteiger partial charge < -0.3 is 14.7 Å². The van der Waals surface area contributed by atoms with Gasteiger partial charge in [-0.3, -0.25) is 4.79 Å². The highest BCUT2D eigenvalue weighted by Crippen LogP contribution is 2.26. The highest BCUT2D eigenvalue weighted by molar-refractivity contribution is 6.06. The van der Waals surface area contributed by atoms with Crippen LogP contribution in [0.2, 0.25) is 0 Å². The number of amides is 1. The molecule has 7 heteroatoms. The van der Waals surface area contributed by atoms with Crippen molar-refractivity contribution in [3.8, 4) is 11.4 Å². The summed E-state index contributed by atoms with van der Waals surface area (Å²) in [5, 5.41) is 6.82. The molecular formula is C23H21FN4O2. The number of fused-ring (bicyclic) bond motifs is 1. The first-order valence-electron chi connectivity index (χ1n) is 10.1. The van der Waals surface area contributed by atoms with E-state index in [9.17, 15) is 9.18 Å². The summed E-state index contributed by atoms with van der Waals surface area (Å²) in [4.78, 5) is 22.4. The Morgan fingerprint density at radius 3 is 2.83 bits per heavy atom. The van der Waals surface area contributed by atoms with E-state index in [-0.39, 0.29) is 11.7 Å². The fraction of sp³-hybridized carbons (Fsp3) is 0.261. The molecule has 0 aliphatic carbocycles. The Hall–Kier alpha value is -3.48. The number of carbonyl (C=O) groups excluding carboxylic acids is 1. The minimum atomic E-state index is -0.734. The van der Waals surface area contributed by atoms with Crippen molar-refractivity contribution in [3.05, 3.63) is 71.8 Å². The number of hydrogen-bond donors (Lipinski definition) is 1. The van der Waals surface area contributed by atoms with E-state index in [1.165, 1.54) is 30.7 Å². The van der Waals surface area contributed by atoms with Crippen LogP contribution in [-0.2, 0) is 22.6 Å². The van der Waals surface area contributed by atoms with Gasteiger partial charge in [-0.2, -0.15) is 0 Å². The van der Waals surface area contributed by atoms with Crippen LogP contribution in [0.1, 0.15) is 30.5 Å². The Morgan fingerprint density at radius 2 is 2.00 bits per heavy atom. The van der Waals surface area contributed by atoms with Crippen LogP contribution < -0.4 is 5.32 Å². The number of hydrogen-bond acceptors (Lipinski definition) is 4. The molecule has 2 aromatic carbocycles. The fourth-order valence-electron chi connectivity index (χ4n) is 3.95. The molecule has 5 rings (SSSR count). The number of nitrogens with one attached hydrogen (secondary N) is 1. The Morgan fingerprint density at radius 1 is 1.13 bits per heavy atom. The molecule has 3 aromatic rings. The molecule has 1 aromatic heterocycles. The van der Waals surface area contributed by atoms with Gasteiger partial charge in [0.2, 0.25) is 6.10 Å². The topological polar surface area (TPSA) is 68.5 Å². The van der Waals surface area contributed by atoms with Gasteiger partial charge in [0.05, 0.1) is 5.71 Å². The third kappa shape index (κ3) is 3.58. The lowest BCUT2D eigenvalue weighted by Crippen LogP contribution is -2.28. The van der Waals surface area contributed by atoms with Gasteiger partial charge in [0.25, 0.3) is 5.91 Å². The third-order valence-corrected chi connectivity index (χ3v) is 5.53. The molecule has 2 aliphatic heterocycles. The number of nitrogens with zero attached hydrogens (tertiary/aromatic N) is 3. The average Bonchev–Trinajstić information content (AvgIpc) is 3.42. The third-order valence-electron chi connectivity index (χ3n) is 5.53. The van der Waals surface area contributed by atoms with E-state index in [0.29, 0.717) is 23.4 Å². The molecule has 0 fully saturated rings. The Labute approximate surface area is 173 Å². The first kappa shape index (κ1) is 18.5. The first-order valence-corrected chi connectivity index (χ1v) is 10.1. The van der Waals surface area contributed by atoms with Crippen LogP contribution in [0, 0.1) is 5.82 Å². The van der Waals surface area contributed by atoms with Crippen molar-refractivity contribution in [2.75, 3.05) is 5.32 Å². The van der Waals surface area contributed by atoms with Gasteiger partial charge in [0.1, 0.15) is 11.6 Å². The van der Waals surface area contributed by atoms with Gasteiger partial charge in [0, 0.05) is 41.7 Å². The average molecular weight is 404 g/mol. The molecule has 6 nitrogen and oxygen atoms in total. The lowest BCUT2D eigenvalue weighted by atomic mass is 10.0. The van der Waals surface area contributed by atoms with E-state index in [0.717, 1.165) is 24.4 Å². The van der Waals surface area contributed by atoms with E-state index < -0.39 is 6.10 Å². The fourth-order valence-corrected chi connectivity index (χ4v) is 3.95. The number of oxime groups is 1. The Balaban J connectivity index is 1.24. The zero-order chi connectivity index (χ0) is 20.5. The van der Waals surface area contributed by atoms with E-state index in [4.69, 9.17) is 4.84 Å². The van der Waals surface area contributed by atoms with Gasteiger partial charge in [-0.1, -0.05) is 17.3 Å². The van der Waals surface area contributed by atoms with Crippen LogP contribution in [0.5, 0.6) is 0 Å². The van der Waals surface area contributed by atoms with Crippen molar-refractivity contribution in [3.63, 3.8) is 0 Å². The molecule has 0 bridgehead atoms. The highest BCUT2D eigenvalue weighted by Gasteiger charge is 2.29. The molecule has 1 N–H and O–H groups in total. The van der Waals surface area contributed by atoms with Gasteiger partial charge in [-0.05, 0) is 55.7 Å². The molecule has 0 saturated heterocycles. The summed E-state index contributed by atoms with van der Waals surface area (Å²) in [5.41, 5.74) is 4.17. The zero-order valence-electron chi connectivity index (χ0n) is 16.3. The summed E-state index contributed by atoms with van der Waals surface area (Å²) in [6.45, 7) is 0.996. The molecule has 30 heavy (non-hydrogen) atoms. The molecule has 1 amide bonds. The number of aryl methyl sites for hydroxylation is 1. The molecule has 0 spiro atoms. The summed E-state index contributed by atoms with van der Waals surface area (Å²) in [7, 11) is 0. The summed E-state index contributed by atoms with van der Waals surface area (Å²) in [6, 6.07) is 13.8. The second-order valence-corrected chi connectivity index (χ2v) is 7.59. The molecule has 152 valence electrons. The van der Waals surface area contributed by atoms with Gasteiger partial charge >= 0.3 is 0 Å². The van der Waals surface area contributed by atoms with Crippen molar-refractivity contribution in [2.24, 2.45) is 5.16 Å². The molecule has 1 unspecified atom stereocenters. The van der Waals surface area contributed by atoms with Gasteiger partial charge in [0.15, 0.2) is 0 Å². The predicted octanol–water partition coefficient (Wildman–Crippen LogP) is 4.16. The van der Waals surface area contributed by atoms with Crippen LogP contribution in [0.25, 0.3) is 11.4 Å². The van der Waals surface area contributed by atoms with Gasteiger partial charge in [-0.15, -0.1) is 0 Å². The lowest BCUT2D eigenvalue weighted by molar-refractivity contribution is -0.125. The van der Waals surface area contributed by atoms with E-state index in [1.807, 2.05) is 30.5 Å². The molecule has 0 radical (unpaired) electrons. The maximum absolute atomic E-state index is 13.4. The predicted molar refractivity (Wildman–Crippen MR) is 112 cm³/mol. The molecule has 0 saturated carbocycles. The summed E-state index contributed by atoms with van der Waals surface area (Å²) in [5.74, 6) is 0.341. The van der Waals surface area contributed by atoms with Crippen molar-refractivity contribution in [2.45, 2.75) is 38.3 Å². The van der Waals surface area contributed by atoms with E-state index in [2.05, 4.69) is 20.0 Å². The van der Waals surface area contributed by atoms with Crippen molar-refractivity contribution in [1.82, 2.24) is 9.55 Å². The molecular weight excluding hydrogens is 383 g/mol. The monoisotopic (exact) mass is 404 g/mol. The van der Waals surface area contributed by atoms with Crippen LogP contribution in [0.3, 0.4) is 0 Å². The van der Waals surface area contributed by atoms with E-state index >= 15 is 0 Å². The normalized spacial score (nSPS) is 17.8. The maximum Gasteiger partial charge on any atom is 0.268 e. The Kier molecular flexibility index (Phi) is 4.78. The standard InChI is InChI=1S/C23H21FN4O2/c24-17-5-3-4-16(12-17)20-13-21(30-27-20)23(29)26-18-9-7-15(8-10-18)22-25-14-19-6-1-2-11-28(19)22/h3-5,7-10,12,14,21H,1-2,6,11,13H2,(H,26,29). The van der Waals surface area contributed by atoms with Crippen LogP contribution >= 0.6 is 0 Å². The number of imidazole rings is 1. The number of halogens is 1. The number of carbonyl (C=O) groups is 1. The molecule has 2 aliphatic rings. The van der Waals surface area contributed by atoms with Crippen molar-refractivity contribution >= 4 is 17.3 Å². The van der Waals surface area contributed by atoms with Crippen LogP contribution in [-0.4, -0.2) is 27.3 Å². The largest absolute Gasteiger partial charge is 0.382 e. The molecule has 3 heterocycles. The van der Waals surface area contributed by atoms with Crippen LogP contribution in [0.4, 0.5) is 10.1 Å². The zero-order valence-corrected chi connectivity index (χ0v) is 16.3. The lowest BCUT2D eigenvalue weighted by Gasteiger charge is -2.16. The minimum absolute atomic E-state index is 0.281. The highest BCUT2D eigenvalue weighted by atomic mass is 19.1. The minimum Gasteiger partial charge on any atom is -0.382 e. The molecule has 1 atom stereocenters. The van der Waals surface area contributed by atoms with Gasteiger partial charge in [-0.25, -0.2) is 9.37 Å². The van der Waals surface area contributed by atoms with Crippen LogP contribution in [0.15, 0.2) is 59.9 Å². The van der Waals surface area contributed by atoms with Crippen molar-refractivity contribution in [1.29, 1.82) is 0 Å². The summed E-state index contributed by atoms with van der Waals surface area (Å²) < 4.78 is 15.7. The number of benzene rings is 2.